The first-order chi connectivity index (χ1) is 6.92. The molecule has 3 heteroatoms. The van der Waals surface area contributed by atoms with Crippen molar-refractivity contribution in [1.82, 2.24) is 5.32 Å². The van der Waals surface area contributed by atoms with Gasteiger partial charge in [-0.2, -0.15) is 0 Å². The minimum absolute atomic E-state index is 0.856. The van der Waals surface area contributed by atoms with Gasteiger partial charge in [-0.1, -0.05) is 6.42 Å². The van der Waals surface area contributed by atoms with E-state index in [-0.39, 0.29) is 0 Å². The Kier molecular flexibility index (Phi) is 3.00. The van der Waals surface area contributed by atoms with Crippen LogP contribution in [0.3, 0.4) is 0 Å². The van der Waals surface area contributed by atoms with Crippen molar-refractivity contribution < 1.29 is 0 Å². The fourth-order valence-electron chi connectivity index (χ4n) is 3.27. The molecule has 0 amide bonds. The van der Waals surface area contributed by atoms with Crippen molar-refractivity contribution in [3.05, 3.63) is 0 Å². The van der Waals surface area contributed by atoms with E-state index in [1.807, 2.05) is 0 Å². The number of hydrogen-bond donors (Lipinski definition) is 1. The van der Waals surface area contributed by atoms with E-state index in [1.54, 1.807) is 0 Å². The molecule has 2 saturated carbocycles. The maximum absolute atomic E-state index is 3.81. The molecule has 3 fully saturated rings. The van der Waals surface area contributed by atoms with E-state index >= 15 is 0 Å². The molecular weight excluding hydrogens is 210 g/mol. The average Bonchev–Trinajstić information content (AvgIpc) is 2.91. The van der Waals surface area contributed by atoms with E-state index in [9.17, 15) is 0 Å². The second-order valence-corrected chi connectivity index (χ2v) is 7.78. The lowest BCUT2D eigenvalue weighted by atomic mass is 9.95. The number of thioether (sulfide) groups is 2. The first kappa shape index (κ1) is 9.86. The summed E-state index contributed by atoms with van der Waals surface area (Å²) in [5.41, 5.74) is 0. The van der Waals surface area contributed by atoms with Gasteiger partial charge in [-0.05, 0) is 31.1 Å². The van der Waals surface area contributed by atoms with Crippen molar-refractivity contribution in [2.45, 2.75) is 36.3 Å². The van der Waals surface area contributed by atoms with Crippen molar-refractivity contribution >= 4 is 23.5 Å². The van der Waals surface area contributed by atoms with Crippen molar-refractivity contribution in [2.24, 2.45) is 11.8 Å². The summed E-state index contributed by atoms with van der Waals surface area (Å²) in [6, 6.07) is 0.885. The third kappa shape index (κ3) is 1.96. The highest BCUT2D eigenvalue weighted by Crippen LogP contribution is 2.44. The van der Waals surface area contributed by atoms with Crippen molar-refractivity contribution in [3.8, 4) is 0 Å². The minimum atomic E-state index is 0.856. The largest absolute Gasteiger partial charge is 0.312 e. The van der Waals surface area contributed by atoms with Crippen LogP contribution in [0.4, 0.5) is 0 Å². The van der Waals surface area contributed by atoms with Gasteiger partial charge in [-0.25, -0.2) is 0 Å². The summed E-state index contributed by atoms with van der Waals surface area (Å²) in [5.74, 6) is 4.86. The number of rotatable bonds is 3. The van der Waals surface area contributed by atoms with Crippen LogP contribution in [0.5, 0.6) is 0 Å². The van der Waals surface area contributed by atoms with Crippen LogP contribution in [0, 0.1) is 11.8 Å². The molecule has 1 N–H and O–H groups in total. The van der Waals surface area contributed by atoms with Gasteiger partial charge in [0.2, 0.25) is 0 Å². The smallest absolute Gasteiger partial charge is 0.0627 e. The van der Waals surface area contributed by atoms with Crippen LogP contribution in [0.1, 0.15) is 25.7 Å². The maximum Gasteiger partial charge on any atom is 0.0627 e. The Labute approximate surface area is 95.2 Å². The molecule has 0 radical (unpaired) electrons. The van der Waals surface area contributed by atoms with Crippen molar-refractivity contribution in [1.29, 1.82) is 0 Å². The lowest BCUT2D eigenvalue weighted by Crippen LogP contribution is -2.36. The molecule has 1 heterocycles. The standard InChI is InChI=1S/C11H19NS2/c1-2-9-5-8(1)6-10(9)12-7-11-13-3-4-14-11/h8-12H,1-7H2. The van der Waals surface area contributed by atoms with Gasteiger partial charge in [0.05, 0.1) is 4.58 Å². The lowest BCUT2D eigenvalue weighted by molar-refractivity contribution is 0.358. The monoisotopic (exact) mass is 229 g/mol. The summed E-state index contributed by atoms with van der Waals surface area (Å²) in [5, 5.41) is 3.81. The molecule has 1 nitrogen and oxygen atoms in total. The van der Waals surface area contributed by atoms with Gasteiger partial charge in [-0.3, -0.25) is 0 Å². The van der Waals surface area contributed by atoms with E-state index in [2.05, 4.69) is 28.8 Å². The second kappa shape index (κ2) is 4.26. The van der Waals surface area contributed by atoms with Gasteiger partial charge in [0, 0.05) is 24.1 Å². The Balaban J connectivity index is 1.44. The Morgan fingerprint density at radius 3 is 2.57 bits per heavy atom. The Hall–Kier alpha value is 0.660. The molecule has 14 heavy (non-hydrogen) atoms. The summed E-state index contributed by atoms with van der Waals surface area (Å²) in [6.45, 7) is 1.25. The fourth-order valence-corrected chi connectivity index (χ4v) is 5.95. The molecule has 3 rings (SSSR count). The summed E-state index contributed by atoms with van der Waals surface area (Å²) in [6.07, 6.45) is 6.04. The maximum atomic E-state index is 3.81. The van der Waals surface area contributed by atoms with Gasteiger partial charge in [0.1, 0.15) is 0 Å². The van der Waals surface area contributed by atoms with E-state index < -0.39 is 0 Å². The van der Waals surface area contributed by atoms with Crippen molar-refractivity contribution in [2.75, 3.05) is 18.1 Å². The molecule has 3 aliphatic rings. The summed E-state index contributed by atoms with van der Waals surface area (Å²) < 4.78 is 0.856. The summed E-state index contributed by atoms with van der Waals surface area (Å²) >= 11 is 4.29. The highest BCUT2D eigenvalue weighted by molar-refractivity contribution is 8.20. The Morgan fingerprint density at radius 2 is 1.93 bits per heavy atom. The Morgan fingerprint density at radius 1 is 1.07 bits per heavy atom. The van der Waals surface area contributed by atoms with Crippen molar-refractivity contribution in [3.63, 3.8) is 0 Å². The lowest BCUT2D eigenvalue weighted by Gasteiger charge is -2.24. The molecule has 2 bridgehead atoms. The van der Waals surface area contributed by atoms with Gasteiger partial charge < -0.3 is 5.32 Å². The molecule has 3 unspecified atom stereocenters. The molecule has 0 aromatic carbocycles. The molecule has 0 aromatic heterocycles. The topological polar surface area (TPSA) is 12.0 Å². The molecule has 80 valence electrons. The average molecular weight is 229 g/mol. The molecular formula is C11H19NS2. The SMILES string of the molecule is C1CSC(CNC2CC3CCC2C3)S1. The Bertz CT molecular complexity index is 203. The number of hydrogen-bond acceptors (Lipinski definition) is 3. The number of fused-ring (bicyclic) bond motifs is 2. The van der Waals surface area contributed by atoms with Crippen LogP contribution in [-0.4, -0.2) is 28.7 Å². The van der Waals surface area contributed by atoms with E-state index in [0.29, 0.717) is 0 Å². The molecule has 1 aliphatic heterocycles. The molecule has 0 spiro atoms. The van der Waals surface area contributed by atoms with Gasteiger partial charge in [0.15, 0.2) is 0 Å². The van der Waals surface area contributed by atoms with E-state index in [1.165, 1.54) is 43.7 Å². The first-order valence-electron chi connectivity index (χ1n) is 5.88. The predicted octanol–water partition coefficient (Wildman–Crippen LogP) is 2.57. The summed E-state index contributed by atoms with van der Waals surface area (Å²) in [7, 11) is 0. The van der Waals surface area contributed by atoms with Crippen LogP contribution in [-0.2, 0) is 0 Å². The molecule has 3 atom stereocenters. The zero-order valence-corrected chi connectivity index (χ0v) is 10.2. The van der Waals surface area contributed by atoms with Crippen LogP contribution in [0.2, 0.25) is 0 Å². The van der Waals surface area contributed by atoms with Crippen LogP contribution >= 0.6 is 23.5 Å². The van der Waals surface area contributed by atoms with Gasteiger partial charge in [-0.15, -0.1) is 23.5 Å². The highest BCUT2D eigenvalue weighted by atomic mass is 32.2. The van der Waals surface area contributed by atoms with Gasteiger partial charge in [0.25, 0.3) is 0 Å². The predicted molar refractivity (Wildman–Crippen MR) is 65.9 cm³/mol. The van der Waals surface area contributed by atoms with Crippen LogP contribution < -0.4 is 5.32 Å². The highest BCUT2D eigenvalue weighted by Gasteiger charge is 2.39. The van der Waals surface area contributed by atoms with E-state index in [4.69, 9.17) is 0 Å². The normalized spacial score (nSPS) is 42.4. The zero-order valence-electron chi connectivity index (χ0n) is 8.58. The van der Waals surface area contributed by atoms with Gasteiger partial charge >= 0.3 is 0 Å². The first-order valence-corrected chi connectivity index (χ1v) is 7.98. The molecule has 1 saturated heterocycles. The quantitative estimate of drug-likeness (QED) is 0.799. The van der Waals surface area contributed by atoms with Crippen LogP contribution in [0.15, 0.2) is 0 Å². The molecule has 0 aromatic rings. The second-order valence-electron chi connectivity index (χ2n) is 4.86. The zero-order chi connectivity index (χ0) is 9.38. The fraction of sp³-hybridized carbons (Fsp3) is 1.00. The van der Waals surface area contributed by atoms with Crippen LogP contribution in [0.25, 0.3) is 0 Å². The van der Waals surface area contributed by atoms with E-state index in [0.717, 1.165) is 22.5 Å². The molecule has 2 aliphatic carbocycles. The number of nitrogens with one attached hydrogen (secondary N) is 1. The minimum Gasteiger partial charge on any atom is -0.312 e. The third-order valence-electron chi connectivity index (χ3n) is 3.98. The third-order valence-corrected chi connectivity index (χ3v) is 7.01. The summed E-state index contributed by atoms with van der Waals surface area (Å²) in [4.78, 5) is 0.